The number of benzene rings is 2. The number of aromatic nitrogens is 2. The molecule has 0 spiro atoms. The van der Waals surface area contributed by atoms with Crippen molar-refractivity contribution in [2.75, 3.05) is 16.3 Å². The van der Waals surface area contributed by atoms with Gasteiger partial charge in [-0.3, -0.25) is 9.52 Å². The molecule has 0 aliphatic heterocycles. The summed E-state index contributed by atoms with van der Waals surface area (Å²) in [6.45, 7) is 0. The maximum Gasteiger partial charge on any atom is 0.230 e. The highest BCUT2D eigenvalue weighted by Gasteiger charge is 2.14. The van der Waals surface area contributed by atoms with Crippen molar-refractivity contribution in [1.29, 1.82) is 0 Å². The van der Waals surface area contributed by atoms with Crippen molar-refractivity contribution in [1.82, 2.24) is 10.2 Å². The van der Waals surface area contributed by atoms with Crippen molar-refractivity contribution in [2.45, 2.75) is 6.42 Å². The molecule has 27 heavy (non-hydrogen) atoms. The third kappa shape index (κ3) is 5.25. The van der Waals surface area contributed by atoms with Crippen LogP contribution in [-0.2, 0) is 21.2 Å². The maximum absolute atomic E-state index is 12.3. The minimum absolute atomic E-state index is 0.0142. The van der Waals surface area contributed by atoms with Crippen LogP contribution in [0.4, 0.5) is 10.8 Å². The van der Waals surface area contributed by atoms with Gasteiger partial charge in [0, 0.05) is 5.56 Å². The van der Waals surface area contributed by atoms with E-state index in [2.05, 4.69) is 20.2 Å². The molecule has 2 aromatic carbocycles. The number of carbonyl (C=O) groups excluding carboxylic acids is 1. The smallest absolute Gasteiger partial charge is 0.230 e. The number of halogens is 1. The van der Waals surface area contributed by atoms with E-state index in [1.54, 1.807) is 30.3 Å². The Morgan fingerprint density at radius 2 is 1.81 bits per heavy atom. The minimum Gasteiger partial charge on any atom is -0.300 e. The van der Waals surface area contributed by atoms with Gasteiger partial charge >= 0.3 is 0 Å². The number of carbonyl (C=O) groups is 1. The standard InChI is InChI=1S/C17H15ClN4O3S2/c1-27(24,25)22-14-9-5-2-6-11(14)10-15(23)19-17-21-20-16(26-17)12-7-3-4-8-13(12)18/h2-9,22H,10H2,1H3,(H,19,21,23). The van der Waals surface area contributed by atoms with Gasteiger partial charge in [0.2, 0.25) is 21.1 Å². The van der Waals surface area contributed by atoms with Crippen LogP contribution in [0.3, 0.4) is 0 Å². The van der Waals surface area contributed by atoms with Crippen molar-refractivity contribution < 1.29 is 13.2 Å². The van der Waals surface area contributed by atoms with Crippen LogP contribution in [0, 0.1) is 0 Å². The Morgan fingerprint density at radius 3 is 2.56 bits per heavy atom. The molecule has 3 rings (SSSR count). The summed E-state index contributed by atoms with van der Waals surface area (Å²) in [5.41, 5.74) is 1.65. The van der Waals surface area contributed by atoms with Gasteiger partial charge in [-0.25, -0.2) is 8.42 Å². The summed E-state index contributed by atoms with van der Waals surface area (Å²) in [4.78, 5) is 12.3. The highest BCUT2D eigenvalue weighted by molar-refractivity contribution is 7.92. The van der Waals surface area contributed by atoms with Gasteiger partial charge in [-0.05, 0) is 17.7 Å². The lowest BCUT2D eigenvalue weighted by Crippen LogP contribution is -2.17. The van der Waals surface area contributed by atoms with Crippen LogP contribution in [-0.4, -0.2) is 30.8 Å². The third-order valence-electron chi connectivity index (χ3n) is 3.44. The summed E-state index contributed by atoms with van der Waals surface area (Å²) in [6, 6.07) is 13.9. The lowest BCUT2D eigenvalue weighted by Gasteiger charge is -2.10. The molecule has 0 aliphatic rings. The molecule has 1 aromatic heterocycles. The summed E-state index contributed by atoms with van der Waals surface area (Å²) < 4.78 is 25.3. The van der Waals surface area contributed by atoms with Gasteiger partial charge < -0.3 is 5.32 Å². The van der Waals surface area contributed by atoms with E-state index < -0.39 is 10.0 Å². The molecule has 0 fully saturated rings. The van der Waals surface area contributed by atoms with Crippen LogP contribution in [0.1, 0.15) is 5.56 Å². The topological polar surface area (TPSA) is 101 Å². The van der Waals surface area contributed by atoms with E-state index in [0.29, 0.717) is 26.4 Å². The summed E-state index contributed by atoms with van der Waals surface area (Å²) in [5.74, 6) is -0.334. The summed E-state index contributed by atoms with van der Waals surface area (Å²) >= 11 is 7.35. The molecule has 7 nitrogen and oxygen atoms in total. The minimum atomic E-state index is -3.44. The third-order valence-corrected chi connectivity index (χ3v) is 5.23. The molecule has 140 valence electrons. The molecule has 10 heteroatoms. The zero-order chi connectivity index (χ0) is 19.4. The monoisotopic (exact) mass is 422 g/mol. The molecule has 0 radical (unpaired) electrons. The van der Waals surface area contributed by atoms with Crippen LogP contribution < -0.4 is 10.0 Å². The highest BCUT2D eigenvalue weighted by atomic mass is 35.5. The first kappa shape index (κ1) is 19.3. The Balaban J connectivity index is 1.72. The SMILES string of the molecule is CS(=O)(=O)Nc1ccccc1CC(=O)Nc1nnc(-c2ccccc2Cl)s1. The fraction of sp³-hybridized carbons (Fsp3) is 0.118. The summed E-state index contributed by atoms with van der Waals surface area (Å²) in [6.07, 6.45) is 1.04. The van der Waals surface area contributed by atoms with Gasteiger partial charge in [0.05, 0.1) is 23.4 Å². The zero-order valence-electron chi connectivity index (χ0n) is 14.1. The molecule has 0 aliphatic carbocycles. The lowest BCUT2D eigenvalue weighted by molar-refractivity contribution is -0.115. The number of hydrogen-bond acceptors (Lipinski definition) is 6. The fourth-order valence-corrected chi connectivity index (χ4v) is 4.01. The molecule has 2 N–H and O–H groups in total. The Kier molecular flexibility index (Phi) is 5.73. The first-order chi connectivity index (χ1) is 12.8. The number of sulfonamides is 1. The molecular formula is C17H15ClN4O3S2. The summed E-state index contributed by atoms with van der Waals surface area (Å²) in [7, 11) is -3.44. The number of rotatable bonds is 6. The molecule has 0 saturated heterocycles. The first-order valence-electron chi connectivity index (χ1n) is 7.76. The first-order valence-corrected chi connectivity index (χ1v) is 10.8. The van der Waals surface area contributed by atoms with E-state index in [1.165, 1.54) is 11.3 Å². The number of nitrogens with zero attached hydrogens (tertiary/aromatic N) is 2. The van der Waals surface area contributed by atoms with Crippen LogP contribution in [0.25, 0.3) is 10.6 Å². The predicted octanol–water partition coefficient (Wildman–Crippen LogP) is 3.41. The Labute approximate surface area is 165 Å². The van der Waals surface area contributed by atoms with E-state index in [0.717, 1.165) is 11.8 Å². The molecule has 0 unspecified atom stereocenters. The molecule has 0 bridgehead atoms. The second kappa shape index (κ2) is 8.03. The molecular weight excluding hydrogens is 408 g/mol. The van der Waals surface area contributed by atoms with E-state index in [1.807, 2.05) is 18.2 Å². The van der Waals surface area contributed by atoms with Crippen molar-refractivity contribution in [2.24, 2.45) is 0 Å². The van der Waals surface area contributed by atoms with Gasteiger partial charge in [0.25, 0.3) is 0 Å². The van der Waals surface area contributed by atoms with Crippen molar-refractivity contribution in [3.8, 4) is 10.6 Å². The molecule has 0 atom stereocenters. The van der Waals surface area contributed by atoms with Gasteiger partial charge in [0.1, 0.15) is 0 Å². The van der Waals surface area contributed by atoms with Gasteiger partial charge in [-0.1, -0.05) is 59.3 Å². The second-order valence-electron chi connectivity index (χ2n) is 5.65. The number of anilines is 2. The molecule has 0 saturated carbocycles. The van der Waals surface area contributed by atoms with Crippen LogP contribution in [0.5, 0.6) is 0 Å². The Morgan fingerprint density at radius 1 is 1.11 bits per heavy atom. The predicted molar refractivity (Wildman–Crippen MR) is 108 cm³/mol. The van der Waals surface area contributed by atoms with Crippen molar-refractivity contribution in [3.05, 3.63) is 59.1 Å². The van der Waals surface area contributed by atoms with Gasteiger partial charge in [-0.2, -0.15) is 0 Å². The largest absolute Gasteiger partial charge is 0.300 e. The van der Waals surface area contributed by atoms with E-state index in [-0.39, 0.29) is 12.3 Å². The Bertz CT molecular complexity index is 1080. The quantitative estimate of drug-likeness (QED) is 0.633. The van der Waals surface area contributed by atoms with E-state index in [4.69, 9.17) is 11.6 Å². The highest BCUT2D eigenvalue weighted by Crippen LogP contribution is 2.31. The second-order valence-corrected chi connectivity index (χ2v) is 8.78. The van der Waals surface area contributed by atoms with E-state index >= 15 is 0 Å². The van der Waals surface area contributed by atoms with Crippen molar-refractivity contribution >= 4 is 49.7 Å². The number of nitrogens with one attached hydrogen (secondary N) is 2. The average molecular weight is 423 g/mol. The van der Waals surface area contributed by atoms with Crippen LogP contribution in [0.15, 0.2) is 48.5 Å². The lowest BCUT2D eigenvalue weighted by atomic mass is 10.1. The van der Waals surface area contributed by atoms with Gasteiger partial charge in [-0.15, -0.1) is 10.2 Å². The molecule has 3 aromatic rings. The summed E-state index contributed by atoms with van der Waals surface area (Å²) in [5, 5.41) is 12.2. The van der Waals surface area contributed by atoms with Crippen molar-refractivity contribution in [3.63, 3.8) is 0 Å². The Hall–Kier alpha value is -2.49. The van der Waals surface area contributed by atoms with Crippen LogP contribution >= 0.6 is 22.9 Å². The molecule has 1 amide bonds. The number of hydrogen-bond donors (Lipinski definition) is 2. The zero-order valence-corrected chi connectivity index (χ0v) is 16.5. The number of para-hydroxylation sites is 1. The average Bonchev–Trinajstić information content (AvgIpc) is 3.04. The normalized spacial score (nSPS) is 11.2. The van der Waals surface area contributed by atoms with E-state index in [9.17, 15) is 13.2 Å². The maximum atomic E-state index is 12.3. The fourth-order valence-electron chi connectivity index (χ4n) is 2.33. The van der Waals surface area contributed by atoms with Crippen LogP contribution in [0.2, 0.25) is 5.02 Å². The molecule has 1 heterocycles. The van der Waals surface area contributed by atoms with Gasteiger partial charge in [0.15, 0.2) is 5.01 Å². The number of amides is 1.